The second-order valence-electron chi connectivity index (χ2n) is 9.66. The fraction of sp³-hybridized carbons (Fsp3) is 1.00. The summed E-state index contributed by atoms with van der Waals surface area (Å²) >= 11 is 0. The zero-order valence-electron chi connectivity index (χ0n) is 23.0. The van der Waals surface area contributed by atoms with E-state index in [1.54, 1.807) is 0 Å². The third-order valence-corrected chi connectivity index (χ3v) is 6.43. The molecule has 2 N–H and O–H groups in total. The van der Waals surface area contributed by atoms with Gasteiger partial charge >= 0.3 is 70.2 Å². The monoisotopic (exact) mass is 738 g/mol. The molecule has 21 heteroatoms. The van der Waals surface area contributed by atoms with Gasteiger partial charge in [-0.05, 0) is 12.8 Å². The Labute approximate surface area is 276 Å². The van der Waals surface area contributed by atoms with Crippen LogP contribution in [0.15, 0.2) is 0 Å². The Morgan fingerprint density at radius 2 is 0.651 bits per heavy atom. The smallest absolute Gasteiger partial charge is 0.832 e. The molecule has 0 bridgehead atoms. The van der Waals surface area contributed by atoms with Crippen LogP contribution in [0, 0.1) is 0 Å². The van der Waals surface area contributed by atoms with Crippen molar-refractivity contribution in [3.8, 4) is 0 Å². The van der Waals surface area contributed by atoms with E-state index in [-0.39, 0.29) is 58.7 Å². The SMILES string of the molecule is C1CCOC1.[O-]C(C[NH+]1CCOCCOCC[NH+](CC([O-])(C(F)(F)F)C(F)(F)F)CCOCC1)(C(F)(F)F)C(F)(F)F.[Sr+2]. The van der Waals surface area contributed by atoms with E-state index in [1.165, 1.54) is 12.8 Å². The van der Waals surface area contributed by atoms with E-state index < -0.39 is 111 Å². The summed E-state index contributed by atoms with van der Waals surface area (Å²) in [7, 11) is 0. The van der Waals surface area contributed by atoms with Crippen LogP contribution in [0.3, 0.4) is 0 Å². The van der Waals surface area contributed by atoms with Crippen molar-refractivity contribution in [1.29, 1.82) is 0 Å². The Morgan fingerprint density at radius 1 is 0.419 bits per heavy atom. The number of ether oxygens (including phenoxy) is 4. The van der Waals surface area contributed by atoms with Gasteiger partial charge in [-0.3, -0.25) is 0 Å². The predicted molar refractivity (Wildman–Crippen MR) is 119 cm³/mol. The van der Waals surface area contributed by atoms with E-state index in [0.29, 0.717) is 0 Å². The Morgan fingerprint density at radius 3 is 0.860 bits per heavy atom. The number of nitrogens with one attached hydrogen (secondary N) is 2. The van der Waals surface area contributed by atoms with E-state index in [9.17, 15) is 62.9 Å². The molecule has 0 amide bonds. The predicted octanol–water partition coefficient (Wildman–Crippen LogP) is -1.32. The summed E-state index contributed by atoms with van der Waals surface area (Å²) in [5.74, 6) is 0. The molecule has 2 heterocycles. The molecule has 0 aromatic heterocycles. The summed E-state index contributed by atoms with van der Waals surface area (Å²) in [6, 6.07) is 0. The maximum absolute atomic E-state index is 13.0. The molecule has 2 aliphatic heterocycles. The molecule has 0 aromatic carbocycles. The Bertz CT molecular complexity index is 675. The molecule has 2 saturated heterocycles. The molecule has 0 spiro atoms. The van der Waals surface area contributed by atoms with E-state index >= 15 is 0 Å². The first-order chi connectivity index (χ1) is 19.2. The van der Waals surface area contributed by atoms with Gasteiger partial charge in [-0.1, -0.05) is 0 Å². The van der Waals surface area contributed by atoms with E-state index in [4.69, 9.17) is 18.9 Å². The molecule has 2 unspecified atom stereocenters. The Kier molecular flexibility index (Phi) is 18.7. The summed E-state index contributed by atoms with van der Waals surface area (Å²) in [5, 5.41) is 23.6. The standard InChI is InChI=1S/C18H24F12N2O5.C4H8O.Sr/c19-15(20,21)13(33,16(22,23)24)11-31-1-5-35-6-2-32(4-8-37-10-9-36-7-3-31)12-14(34,17(25,26)27)18(28,29)30;1-2-4-5-3-1;/h1-12H2;1-4H2;/q-2;;+2/p+2. The molecule has 2 rings (SSSR count). The normalized spacial score (nSPS) is 23.3. The summed E-state index contributed by atoms with van der Waals surface area (Å²) in [6.07, 6.45) is -22.2. The van der Waals surface area contributed by atoms with Gasteiger partial charge in [0.25, 0.3) is 0 Å². The van der Waals surface area contributed by atoms with Crippen LogP contribution in [-0.2, 0) is 18.9 Å². The molecule has 2 aliphatic rings. The van der Waals surface area contributed by atoms with Gasteiger partial charge < -0.3 is 39.0 Å². The fourth-order valence-corrected chi connectivity index (χ4v) is 3.83. The molecular weight excluding hydrogens is 704 g/mol. The average Bonchev–Trinajstić information content (AvgIpc) is 3.41. The van der Waals surface area contributed by atoms with Crippen LogP contribution in [0.2, 0.25) is 0 Å². The fourth-order valence-electron chi connectivity index (χ4n) is 3.83. The molecule has 8 nitrogen and oxygen atoms in total. The maximum atomic E-state index is 13.0. The van der Waals surface area contributed by atoms with Crippen LogP contribution in [0.1, 0.15) is 12.8 Å². The number of halogens is 12. The van der Waals surface area contributed by atoms with Crippen molar-refractivity contribution in [3.05, 3.63) is 0 Å². The molecule has 252 valence electrons. The van der Waals surface area contributed by atoms with Crippen molar-refractivity contribution >= 4 is 45.5 Å². The van der Waals surface area contributed by atoms with Crippen molar-refractivity contribution in [2.24, 2.45) is 0 Å². The van der Waals surface area contributed by atoms with Gasteiger partial charge in [0.15, 0.2) is 0 Å². The molecule has 0 aliphatic carbocycles. The van der Waals surface area contributed by atoms with Gasteiger partial charge in [0, 0.05) is 13.2 Å². The topological polar surface area (TPSA) is 91.9 Å². The summed E-state index contributed by atoms with van der Waals surface area (Å²) in [6.45, 7) is -6.60. The van der Waals surface area contributed by atoms with Crippen molar-refractivity contribution in [2.75, 3.05) is 92.1 Å². The van der Waals surface area contributed by atoms with Gasteiger partial charge in [0.2, 0.25) is 0 Å². The van der Waals surface area contributed by atoms with Crippen molar-refractivity contribution in [2.45, 2.75) is 48.7 Å². The van der Waals surface area contributed by atoms with Crippen molar-refractivity contribution in [1.82, 2.24) is 0 Å². The van der Waals surface area contributed by atoms with Crippen molar-refractivity contribution in [3.63, 3.8) is 0 Å². The second-order valence-corrected chi connectivity index (χ2v) is 9.66. The third-order valence-electron chi connectivity index (χ3n) is 6.43. The van der Waals surface area contributed by atoms with Crippen LogP contribution >= 0.6 is 0 Å². The molecule has 0 saturated carbocycles. The molecule has 43 heavy (non-hydrogen) atoms. The van der Waals surface area contributed by atoms with Crippen molar-refractivity contribution < 1.29 is 91.6 Å². The van der Waals surface area contributed by atoms with Crippen LogP contribution < -0.4 is 20.0 Å². The van der Waals surface area contributed by atoms with E-state index in [0.717, 1.165) is 13.2 Å². The van der Waals surface area contributed by atoms with Gasteiger partial charge in [-0.25, -0.2) is 0 Å². The zero-order valence-corrected chi connectivity index (χ0v) is 26.5. The minimum Gasteiger partial charge on any atom is -0.832 e. The number of alkyl halides is 12. The minimum absolute atomic E-state index is 0. The number of quaternary nitrogens is 2. The maximum Gasteiger partial charge on any atom is 2.00 e. The largest absolute Gasteiger partial charge is 2.00 e. The number of hydrogen-bond acceptors (Lipinski definition) is 6. The summed E-state index contributed by atoms with van der Waals surface area (Å²) in [4.78, 5) is -1.03. The molecule has 0 aromatic rings. The number of hydrogen-bond donors (Lipinski definition) is 2. The quantitative estimate of drug-likeness (QED) is 0.275. The zero-order chi connectivity index (χ0) is 32.3. The summed E-state index contributed by atoms with van der Waals surface area (Å²) < 4.78 is 176. The van der Waals surface area contributed by atoms with Gasteiger partial charge in [-0.2, -0.15) is 52.7 Å². The Balaban J connectivity index is 0.00000265. The average molecular weight is 738 g/mol. The third kappa shape index (κ3) is 13.9. The minimum atomic E-state index is -6.18. The van der Waals surface area contributed by atoms with Gasteiger partial charge in [-0.15, -0.1) is 0 Å². The number of rotatable bonds is 4. The molecule has 0 radical (unpaired) electrons. The molecule has 2 atom stereocenters. The first kappa shape index (κ1) is 43.3. The first-order valence-electron chi connectivity index (χ1n) is 12.8. The molecular formula is C22H34F12N2O6Sr+2. The second kappa shape index (κ2) is 18.6. The Hall–Kier alpha value is 0.321. The first-order valence-corrected chi connectivity index (χ1v) is 12.8. The van der Waals surface area contributed by atoms with Crippen LogP contribution in [0.25, 0.3) is 0 Å². The van der Waals surface area contributed by atoms with Crippen LogP contribution in [-0.4, -0.2) is 174 Å². The molecule has 2 fully saturated rings. The summed E-state index contributed by atoms with van der Waals surface area (Å²) in [5.41, 5.74) is -10.6. The van der Waals surface area contributed by atoms with E-state index in [2.05, 4.69) is 0 Å². The van der Waals surface area contributed by atoms with Gasteiger partial charge in [0.1, 0.15) is 37.4 Å². The van der Waals surface area contributed by atoms with Crippen LogP contribution in [0.5, 0.6) is 0 Å². The van der Waals surface area contributed by atoms with Gasteiger partial charge in [0.05, 0.1) is 52.7 Å². The van der Waals surface area contributed by atoms with E-state index in [1.807, 2.05) is 0 Å². The van der Waals surface area contributed by atoms with Crippen LogP contribution in [0.4, 0.5) is 52.7 Å².